The van der Waals surface area contributed by atoms with Gasteiger partial charge in [-0.25, -0.2) is 0 Å². The van der Waals surface area contributed by atoms with Gasteiger partial charge in [-0.2, -0.15) is 0 Å². The van der Waals surface area contributed by atoms with Gasteiger partial charge in [0.1, 0.15) is 73.2 Å². The van der Waals surface area contributed by atoms with Crippen LogP contribution in [0.3, 0.4) is 0 Å². The third kappa shape index (κ3) is 6.38. The van der Waals surface area contributed by atoms with Gasteiger partial charge in [0.2, 0.25) is 5.91 Å². The number of nitrogens with one attached hydrogen (secondary N) is 1. The Morgan fingerprint density at radius 3 is 1.70 bits per heavy atom. The van der Waals surface area contributed by atoms with Gasteiger partial charge in [-0.15, -0.1) is 0 Å². The number of carbonyl (C=O) groups is 1. The molecular formula is C20H35NO16. The maximum Gasteiger partial charge on any atom is 0.217 e. The van der Waals surface area contributed by atoms with Crippen molar-refractivity contribution in [1.29, 1.82) is 0 Å². The van der Waals surface area contributed by atoms with Crippen molar-refractivity contribution in [3.8, 4) is 0 Å². The molecule has 0 bridgehead atoms. The van der Waals surface area contributed by atoms with Gasteiger partial charge in [0.25, 0.3) is 0 Å². The Morgan fingerprint density at radius 1 is 0.649 bits per heavy atom. The molecule has 1 amide bonds. The molecule has 17 heteroatoms. The Hall–Kier alpha value is -1.13. The van der Waals surface area contributed by atoms with Crippen LogP contribution in [-0.4, -0.2) is 169 Å². The lowest BCUT2D eigenvalue weighted by Gasteiger charge is -2.48. The standard InChI is InChI=1S/C20H35NO16/c1-5(25)21-9-12(28)16(8(4-24)33-18(9)32)36-20-17(14(30)11(27)7(3-23)35-20)37-19-15(31)13(29)10(26)6(2-22)34-19/h6-20,22-24,26-32H,2-4H2,1H3,(H,21,25)/t6-,7-,8-,9-,10-,11-,12-,13+,14+,15+,16-,17+,18+,19-,20+/m1/s1. The zero-order valence-corrected chi connectivity index (χ0v) is 19.7. The third-order valence-corrected chi connectivity index (χ3v) is 6.50. The Bertz CT molecular complexity index is 745. The molecule has 0 aromatic carbocycles. The summed E-state index contributed by atoms with van der Waals surface area (Å²) in [6, 6.07) is -1.41. The summed E-state index contributed by atoms with van der Waals surface area (Å²) in [5, 5.41) is 103. The Morgan fingerprint density at radius 2 is 1.16 bits per heavy atom. The molecule has 11 N–H and O–H groups in total. The largest absolute Gasteiger partial charge is 0.394 e. The molecule has 3 fully saturated rings. The van der Waals surface area contributed by atoms with Crippen molar-refractivity contribution in [2.75, 3.05) is 19.8 Å². The molecular weight excluding hydrogens is 510 g/mol. The number of amides is 1. The molecule has 3 aliphatic heterocycles. The summed E-state index contributed by atoms with van der Waals surface area (Å²) < 4.78 is 27.3. The van der Waals surface area contributed by atoms with Crippen LogP contribution in [0.15, 0.2) is 0 Å². The van der Waals surface area contributed by atoms with E-state index in [9.17, 15) is 55.9 Å². The van der Waals surface area contributed by atoms with Gasteiger partial charge in [0.05, 0.1) is 19.8 Å². The second kappa shape index (κ2) is 12.8. The molecule has 37 heavy (non-hydrogen) atoms. The van der Waals surface area contributed by atoms with Crippen LogP contribution in [-0.2, 0) is 28.5 Å². The highest BCUT2D eigenvalue weighted by atomic mass is 16.8. The molecule has 0 saturated carbocycles. The van der Waals surface area contributed by atoms with E-state index in [0.717, 1.165) is 6.92 Å². The van der Waals surface area contributed by atoms with Crippen LogP contribution in [0, 0.1) is 0 Å². The smallest absolute Gasteiger partial charge is 0.217 e. The highest BCUT2D eigenvalue weighted by Crippen LogP contribution is 2.32. The maximum absolute atomic E-state index is 11.5. The molecule has 17 nitrogen and oxygen atoms in total. The van der Waals surface area contributed by atoms with Crippen LogP contribution in [0.4, 0.5) is 0 Å². The minimum absolute atomic E-state index is 0.635. The first kappa shape index (κ1) is 30.4. The SMILES string of the molecule is CC(=O)N[C@@H]1[C@@H](O)[C@H](O[C@@H]2O[C@H](CO)[C@@H](O)[C@H](O)[C@@H]2O[C@H]2O[C@H](CO)[C@@H](O)[C@H](O)[C@@H]2O)[C@@H](CO)O[C@@H]1O. The lowest BCUT2D eigenvalue weighted by Crippen LogP contribution is -2.68. The van der Waals surface area contributed by atoms with Crippen LogP contribution in [0.2, 0.25) is 0 Å². The zero-order valence-electron chi connectivity index (χ0n) is 19.7. The van der Waals surface area contributed by atoms with Crippen LogP contribution in [0.25, 0.3) is 0 Å². The topological polar surface area (TPSA) is 278 Å². The lowest BCUT2D eigenvalue weighted by molar-refractivity contribution is -0.383. The van der Waals surface area contributed by atoms with E-state index in [1.807, 2.05) is 0 Å². The van der Waals surface area contributed by atoms with E-state index in [1.54, 1.807) is 0 Å². The molecule has 3 rings (SSSR count). The number of aliphatic hydroxyl groups is 10. The first-order valence-electron chi connectivity index (χ1n) is 11.6. The van der Waals surface area contributed by atoms with E-state index in [-0.39, 0.29) is 0 Å². The fraction of sp³-hybridized carbons (Fsp3) is 0.950. The van der Waals surface area contributed by atoms with E-state index < -0.39 is 118 Å². The highest BCUT2D eigenvalue weighted by molar-refractivity contribution is 5.73. The van der Waals surface area contributed by atoms with Gasteiger partial charge in [-0.3, -0.25) is 4.79 Å². The molecule has 0 unspecified atom stereocenters. The van der Waals surface area contributed by atoms with Crippen LogP contribution < -0.4 is 5.32 Å². The van der Waals surface area contributed by atoms with Gasteiger partial charge in [-0.05, 0) is 0 Å². The average molecular weight is 545 g/mol. The normalized spacial score (nSPS) is 49.0. The van der Waals surface area contributed by atoms with Gasteiger partial charge in [-0.1, -0.05) is 0 Å². The van der Waals surface area contributed by atoms with Gasteiger partial charge >= 0.3 is 0 Å². The fourth-order valence-electron chi connectivity index (χ4n) is 4.44. The van der Waals surface area contributed by atoms with E-state index in [2.05, 4.69) is 5.32 Å². The second-order valence-corrected chi connectivity index (χ2v) is 9.07. The lowest BCUT2D eigenvalue weighted by atomic mass is 9.95. The molecule has 3 heterocycles. The van der Waals surface area contributed by atoms with Crippen molar-refractivity contribution in [1.82, 2.24) is 5.32 Å². The molecule has 216 valence electrons. The van der Waals surface area contributed by atoms with Crippen molar-refractivity contribution >= 4 is 5.91 Å². The minimum Gasteiger partial charge on any atom is -0.394 e. The second-order valence-electron chi connectivity index (χ2n) is 9.07. The predicted molar refractivity (Wildman–Crippen MR) is 113 cm³/mol. The fourth-order valence-corrected chi connectivity index (χ4v) is 4.44. The molecule has 0 aromatic heterocycles. The highest BCUT2D eigenvalue weighted by Gasteiger charge is 2.54. The minimum atomic E-state index is -1.90. The molecule has 3 saturated heterocycles. The van der Waals surface area contributed by atoms with E-state index >= 15 is 0 Å². The maximum atomic E-state index is 11.5. The average Bonchev–Trinajstić information content (AvgIpc) is 2.86. The van der Waals surface area contributed by atoms with Gasteiger partial charge in [0.15, 0.2) is 18.9 Å². The first-order valence-corrected chi connectivity index (χ1v) is 11.6. The number of ether oxygens (including phenoxy) is 5. The summed E-state index contributed by atoms with van der Waals surface area (Å²) in [5.41, 5.74) is 0. The summed E-state index contributed by atoms with van der Waals surface area (Å²) in [7, 11) is 0. The third-order valence-electron chi connectivity index (χ3n) is 6.50. The molecule has 0 radical (unpaired) electrons. The number of hydrogen-bond donors (Lipinski definition) is 11. The Balaban J connectivity index is 1.86. The van der Waals surface area contributed by atoms with Crippen LogP contribution in [0.1, 0.15) is 6.92 Å². The summed E-state index contributed by atoms with van der Waals surface area (Å²) in [6.07, 6.45) is -23.6. The summed E-state index contributed by atoms with van der Waals surface area (Å²) in [6.45, 7) is -1.25. The van der Waals surface area contributed by atoms with Crippen molar-refractivity contribution in [3.63, 3.8) is 0 Å². The van der Waals surface area contributed by atoms with Gasteiger partial charge < -0.3 is 80.1 Å². The monoisotopic (exact) mass is 545 g/mol. The molecule has 15 atom stereocenters. The molecule has 0 aliphatic carbocycles. The van der Waals surface area contributed by atoms with E-state index in [0.29, 0.717) is 0 Å². The van der Waals surface area contributed by atoms with Crippen molar-refractivity contribution in [2.24, 2.45) is 0 Å². The van der Waals surface area contributed by atoms with Crippen molar-refractivity contribution in [2.45, 2.75) is 99.0 Å². The quantitative estimate of drug-likeness (QED) is 0.135. The van der Waals surface area contributed by atoms with Crippen LogP contribution in [0.5, 0.6) is 0 Å². The van der Waals surface area contributed by atoms with Crippen molar-refractivity contribution in [3.05, 3.63) is 0 Å². The predicted octanol–water partition coefficient (Wildman–Crippen LogP) is -7.43. The molecule has 0 spiro atoms. The van der Waals surface area contributed by atoms with E-state index in [1.165, 1.54) is 0 Å². The van der Waals surface area contributed by atoms with Crippen molar-refractivity contribution < 1.29 is 79.5 Å². The number of rotatable bonds is 8. The Labute approximate surface area is 210 Å². The number of aliphatic hydroxyl groups excluding tert-OH is 10. The zero-order chi connectivity index (χ0) is 27.6. The Kier molecular flexibility index (Phi) is 10.5. The summed E-state index contributed by atoms with van der Waals surface area (Å²) in [4.78, 5) is 11.5. The molecule has 0 aromatic rings. The summed E-state index contributed by atoms with van der Waals surface area (Å²) >= 11 is 0. The molecule has 3 aliphatic rings. The van der Waals surface area contributed by atoms with E-state index in [4.69, 9.17) is 23.7 Å². The summed E-state index contributed by atoms with van der Waals surface area (Å²) in [5.74, 6) is -0.635. The van der Waals surface area contributed by atoms with Gasteiger partial charge in [0, 0.05) is 6.92 Å². The number of hydrogen-bond acceptors (Lipinski definition) is 16. The first-order chi connectivity index (χ1) is 17.4. The van der Waals surface area contributed by atoms with Crippen LogP contribution >= 0.6 is 0 Å². The number of carbonyl (C=O) groups excluding carboxylic acids is 1.